The first-order valence-electron chi connectivity index (χ1n) is 10.4. The summed E-state index contributed by atoms with van der Waals surface area (Å²) in [6.07, 6.45) is 3.05. The Kier molecular flexibility index (Phi) is 5.20. The number of fused-ring (bicyclic) bond motifs is 2. The van der Waals surface area contributed by atoms with Crippen LogP contribution in [0.1, 0.15) is 12.8 Å². The van der Waals surface area contributed by atoms with Gasteiger partial charge >= 0.3 is 0 Å². The molecule has 1 aliphatic heterocycles. The molecule has 1 aliphatic carbocycles. The minimum atomic E-state index is -0.423. The predicted molar refractivity (Wildman–Crippen MR) is 114 cm³/mol. The fourth-order valence-electron chi connectivity index (χ4n) is 4.95. The number of aliphatic hydroxyl groups excluding tert-OH is 1. The molecule has 2 aromatic carbocycles. The van der Waals surface area contributed by atoms with Crippen molar-refractivity contribution in [2.45, 2.75) is 31.6 Å². The van der Waals surface area contributed by atoms with Crippen LogP contribution in [0, 0.1) is 11.8 Å². The minimum Gasteiger partial charge on any atom is -0.488 e. The lowest BCUT2D eigenvalue weighted by Gasteiger charge is -2.35. The van der Waals surface area contributed by atoms with Gasteiger partial charge in [0.05, 0.1) is 23.5 Å². The fraction of sp³-hybridized carbons (Fsp3) is 0.435. The van der Waals surface area contributed by atoms with Crippen molar-refractivity contribution in [3.8, 4) is 5.75 Å². The highest BCUT2D eigenvalue weighted by Gasteiger charge is 2.42. The van der Waals surface area contributed by atoms with Crippen molar-refractivity contribution in [3.63, 3.8) is 0 Å². The molecular formula is C23H26ClN3O2. The maximum Gasteiger partial charge on any atom is 0.125 e. The second-order valence-electron chi connectivity index (χ2n) is 8.36. The number of imidazole rings is 1. The summed E-state index contributed by atoms with van der Waals surface area (Å²) >= 11 is 6.06. The highest BCUT2D eigenvalue weighted by molar-refractivity contribution is 6.30. The third-order valence-electron chi connectivity index (χ3n) is 6.43. The molecule has 152 valence electrons. The van der Waals surface area contributed by atoms with E-state index in [4.69, 9.17) is 16.3 Å². The van der Waals surface area contributed by atoms with Crippen LogP contribution in [0.3, 0.4) is 0 Å². The molecule has 4 atom stereocenters. The Labute approximate surface area is 175 Å². The van der Waals surface area contributed by atoms with E-state index in [0.29, 0.717) is 16.9 Å². The molecule has 0 bridgehead atoms. The van der Waals surface area contributed by atoms with Crippen LogP contribution >= 0.6 is 11.6 Å². The average Bonchev–Trinajstić information content (AvgIpc) is 3.30. The van der Waals surface area contributed by atoms with Gasteiger partial charge in [-0.1, -0.05) is 29.8 Å². The molecule has 29 heavy (non-hydrogen) atoms. The molecule has 3 aromatic rings. The fourth-order valence-corrected chi connectivity index (χ4v) is 5.13. The van der Waals surface area contributed by atoms with E-state index < -0.39 is 6.10 Å². The lowest BCUT2D eigenvalue weighted by molar-refractivity contribution is -0.0231. The standard InChI is InChI=1S/C23H26ClN3O2/c24-18-4-3-5-19(12-18)29-23-11-17-14-26(13-16(17)10-22(23)28)8-9-27-15-25-20-6-1-2-7-21(20)27/h1-7,12,15-17,22-23,28H,8-11,13-14H2/t16-,17+,22+,23+/m0/s1. The minimum absolute atomic E-state index is 0.160. The lowest BCUT2D eigenvalue weighted by Crippen LogP contribution is -2.42. The average molecular weight is 412 g/mol. The summed E-state index contributed by atoms with van der Waals surface area (Å²) in [5.41, 5.74) is 2.24. The number of aromatic nitrogens is 2. The van der Waals surface area contributed by atoms with Crippen molar-refractivity contribution in [1.29, 1.82) is 0 Å². The lowest BCUT2D eigenvalue weighted by atomic mass is 9.78. The van der Waals surface area contributed by atoms with Crippen molar-refractivity contribution in [3.05, 3.63) is 59.9 Å². The molecule has 5 rings (SSSR count). The predicted octanol–water partition coefficient (Wildman–Crippen LogP) is 3.84. The smallest absolute Gasteiger partial charge is 0.125 e. The van der Waals surface area contributed by atoms with E-state index >= 15 is 0 Å². The molecule has 1 aromatic heterocycles. The Balaban J connectivity index is 1.19. The van der Waals surface area contributed by atoms with Crippen molar-refractivity contribution in [2.75, 3.05) is 19.6 Å². The summed E-state index contributed by atoms with van der Waals surface area (Å²) in [4.78, 5) is 7.01. The van der Waals surface area contributed by atoms with Crippen molar-refractivity contribution < 1.29 is 9.84 Å². The number of rotatable bonds is 5. The van der Waals surface area contributed by atoms with E-state index in [1.54, 1.807) is 0 Å². The van der Waals surface area contributed by atoms with Crippen molar-refractivity contribution in [1.82, 2.24) is 14.5 Å². The van der Waals surface area contributed by atoms with Crippen LogP contribution < -0.4 is 4.74 Å². The summed E-state index contributed by atoms with van der Waals surface area (Å²) in [6, 6.07) is 15.7. The van der Waals surface area contributed by atoms with Crippen molar-refractivity contribution >= 4 is 22.6 Å². The maximum absolute atomic E-state index is 10.6. The molecule has 2 fully saturated rings. The number of hydrogen-bond acceptors (Lipinski definition) is 4. The van der Waals surface area contributed by atoms with Gasteiger partial charge in [-0.2, -0.15) is 0 Å². The molecule has 6 heteroatoms. The number of ether oxygens (including phenoxy) is 1. The molecule has 2 aliphatic rings. The van der Waals surface area contributed by atoms with Crippen LogP contribution in [0.5, 0.6) is 5.75 Å². The maximum atomic E-state index is 10.6. The number of likely N-dealkylation sites (tertiary alicyclic amines) is 1. The Hall–Kier alpha value is -2.08. The molecule has 1 N–H and O–H groups in total. The molecule has 2 heterocycles. The van der Waals surface area contributed by atoms with E-state index in [0.717, 1.165) is 50.3 Å². The van der Waals surface area contributed by atoms with Gasteiger partial charge in [-0.05, 0) is 55.0 Å². The van der Waals surface area contributed by atoms with Gasteiger partial charge in [0, 0.05) is 31.2 Å². The zero-order valence-electron chi connectivity index (χ0n) is 16.3. The third-order valence-corrected chi connectivity index (χ3v) is 6.66. The molecule has 1 saturated carbocycles. The van der Waals surface area contributed by atoms with E-state index in [-0.39, 0.29) is 6.10 Å². The number of para-hydroxylation sites is 2. The van der Waals surface area contributed by atoms with Crippen LogP contribution in [-0.4, -0.2) is 51.4 Å². The summed E-state index contributed by atoms with van der Waals surface area (Å²) in [5.74, 6) is 1.85. The normalized spacial score (nSPS) is 27.2. The SMILES string of the molecule is O[C@@H]1C[C@H]2CN(CCn3cnc4ccccc43)C[C@H]2C[C@H]1Oc1cccc(Cl)c1. The first kappa shape index (κ1) is 18.9. The second-order valence-corrected chi connectivity index (χ2v) is 8.80. The van der Waals surface area contributed by atoms with Crippen LogP contribution in [0.15, 0.2) is 54.9 Å². The monoisotopic (exact) mass is 411 g/mol. The van der Waals surface area contributed by atoms with Gasteiger partial charge in [0.2, 0.25) is 0 Å². The highest BCUT2D eigenvalue weighted by Crippen LogP contribution is 2.38. The molecule has 0 radical (unpaired) electrons. The molecule has 0 unspecified atom stereocenters. The first-order valence-corrected chi connectivity index (χ1v) is 10.8. The van der Waals surface area contributed by atoms with Gasteiger partial charge in [-0.15, -0.1) is 0 Å². The molecule has 0 spiro atoms. The van der Waals surface area contributed by atoms with Gasteiger partial charge in [-0.3, -0.25) is 0 Å². The summed E-state index contributed by atoms with van der Waals surface area (Å²) in [5, 5.41) is 11.3. The largest absolute Gasteiger partial charge is 0.488 e. The zero-order valence-corrected chi connectivity index (χ0v) is 17.1. The Bertz CT molecular complexity index is 991. The van der Waals surface area contributed by atoms with Gasteiger partial charge in [0.25, 0.3) is 0 Å². The number of benzene rings is 2. The number of halogens is 1. The van der Waals surface area contributed by atoms with E-state index in [9.17, 15) is 5.11 Å². The van der Waals surface area contributed by atoms with Crippen molar-refractivity contribution in [2.24, 2.45) is 11.8 Å². The Morgan fingerprint density at radius 3 is 2.72 bits per heavy atom. The molecule has 0 amide bonds. The Morgan fingerprint density at radius 1 is 1.03 bits per heavy atom. The van der Waals surface area contributed by atoms with Gasteiger partial charge in [0.1, 0.15) is 11.9 Å². The molecular weight excluding hydrogens is 386 g/mol. The van der Waals surface area contributed by atoms with Crippen LogP contribution in [-0.2, 0) is 6.54 Å². The van der Waals surface area contributed by atoms with E-state index in [1.807, 2.05) is 36.7 Å². The summed E-state index contributed by atoms with van der Waals surface area (Å²) in [6.45, 7) is 4.06. The Morgan fingerprint density at radius 2 is 1.86 bits per heavy atom. The van der Waals surface area contributed by atoms with Gasteiger partial charge in [0.15, 0.2) is 0 Å². The third kappa shape index (κ3) is 4.00. The topological polar surface area (TPSA) is 50.5 Å². The van der Waals surface area contributed by atoms with Crippen LogP contribution in [0.2, 0.25) is 5.02 Å². The highest BCUT2D eigenvalue weighted by atomic mass is 35.5. The second kappa shape index (κ2) is 7.98. The number of aliphatic hydroxyl groups is 1. The summed E-state index contributed by atoms with van der Waals surface area (Å²) < 4.78 is 8.33. The molecule has 1 saturated heterocycles. The van der Waals surface area contributed by atoms with Gasteiger partial charge in [-0.25, -0.2) is 4.98 Å². The van der Waals surface area contributed by atoms with Crippen LogP contribution in [0.25, 0.3) is 11.0 Å². The van der Waals surface area contributed by atoms with E-state index in [1.165, 1.54) is 5.52 Å². The molecule has 5 nitrogen and oxygen atoms in total. The number of hydrogen-bond donors (Lipinski definition) is 1. The first-order chi connectivity index (χ1) is 14.2. The van der Waals surface area contributed by atoms with Gasteiger partial charge < -0.3 is 19.3 Å². The summed E-state index contributed by atoms with van der Waals surface area (Å²) in [7, 11) is 0. The number of nitrogens with zero attached hydrogens (tertiary/aromatic N) is 3. The quantitative estimate of drug-likeness (QED) is 0.693. The van der Waals surface area contributed by atoms with Crippen LogP contribution in [0.4, 0.5) is 0 Å². The van der Waals surface area contributed by atoms with E-state index in [2.05, 4.69) is 32.7 Å². The zero-order chi connectivity index (χ0) is 19.8.